The molecule has 1 aromatic rings. The first-order valence-electron chi connectivity index (χ1n) is 13.9. The van der Waals surface area contributed by atoms with Gasteiger partial charge in [-0.05, 0) is 70.4 Å². The van der Waals surface area contributed by atoms with Crippen molar-refractivity contribution in [2.45, 2.75) is 103 Å². The molecule has 3 atom stereocenters. The molecule has 11 heteroatoms. The number of hydrogen-bond acceptors (Lipinski definition) is 6. The maximum absolute atomic E-state index is 14.4. The van der Waals surface area contributed by atoms with Crippen molar-refractivity contribution in [2.75, 3.05) is 20.1 Å². The molecule has 3 rings (SSSR count). The molecule has 2 aliphatic heterocycles. The number of aliphatic imine (C=N–C) groups is 2. The molecule has 0 aromatic carbocycles. The molecule has 1 fully saturated rings. The lowest BCUT2D eigenvalue weighted by Crippen LogP contribution is -2.41. The Morgan fingerprint density at radius 3 is 2.38 bits per heavy atom. The third-order valence-corrected chi connectivity index (χ3v) is 9.15. The Balaban J connectivity index is 2.04. The second-order valence-electron chi connectivity index (χ2n) is 12.2. The minimum absolute atomic E-state index is 0.0400. The summed E-state index contributed by atoms with van der Waals surface area (Å²) in [5.41, 5.74) is -1.57. The number of pyridine rings is 1. The third kappa shape index (κ3) is 7.44. The molecular formula is C29H42F3N5O2S. The van der Waals surface area contributed by atoms with Gasteiger partial charge in [-0.2, -0.15) is 13.2 Å². The molecule has 1 aromatic heterocycles. The molecule has 0 bridgehead atoms. The van der Waals surface area contributed by atoms with Gasteiger partial charge in [-0.3, -0.25) is 24.6 Å². The molecule has 40 heavy (non-hydrogen) atoms. The lowest BCUT2D eigenvalue weighted by Gasteiger charge is -2.32. The second kappa shape index (κ2) is 12.2. The van der Waals surface area contributed by atoms with Gasteiger partial charge in [0.15, 0.2) is 5.04 Å². The van der Waals surface area contributed by atoms with Gasteiger partial charge in [-0.15, -0.1) is 0 Å². The fourth-order valence-electron chi connectivity index (χ4n) is 4.93. The molecule has 3 heterocycles. The van der Waals surface area contributed by atoms with E-state index in [-0.39, 0.29) is 39.6 Å². The van der Waals surface area contributed by atoms with Gasteiger partial charge in [0, 0.05) is 38.6 Å². The molecule has 2 unspecified atom stereocenters. The monoisotopic (exact) mass is 581 g/mol. The molecule has 2 amide bonds. The summed E-state index contributed by atoms with van der Waals surface area (Å²) in [6, 6.07) is -0.231. The molecule has 2 aliphatic rings. The van der Waals surface area contributed by atoms with Crippen molar-refractivity contribution in [1.29, 1.82) is 0 Å². The molecule has 1 saturated heterocycles. The van der Waals surface area contributed by atoms with E-state index in [0.717, 1.165) is 49.7 Å². The summed E-state index contributed by atoms with van der Waals surface area (Å²) in [6.07, 6.45) is 1.15. The highest BCUT2D eigenvalue weighted by Crippen LogP contribution is 2.46. The van der Waals surface area contributed by atoms with Gasteiger partial charge in [0.25, 0.3) is 5.91 Å². The lowest BCUT2D eigenvalue weighted by molar-refractivity contribution is -0.139. The lowest BCUT2D eigenvalue weighted by atomic mass is 9.84. The van der Waals surface area contributed by atoms with Crippen molar-refractivity contribution in [1.82, 2.24) is 14.8 Å². The third-order valence-electron chi connectivity index (χ3n) is 7.88. The van der Waals surface area contributed by atoms with Crippen LogP contribution < -0.4 is 0 Å². The van der Waals surface area contributed by atoms with Crippen molar-refractivity contribution in [3.05, 3.63) is 29.1 Å². The van der Waals surface area contributed by atoms with Crippen LogP contribution in [-0.4, -0.2) is 75.6 Å². The highest BCUT2D eigenvalue weighted by molar-refractivity contribution is 8.16. The number of halogens is 3. The van der Waals surface area contributed by atoms with Gasteiger partial charge in [0.2, 0.25) is 5.91 Å². The van der Waals surface area contributed by atoms with E-state index >= 15 is 0 Å². The van der Waals surface area contributed by atoms with Crippen LogP contribution in [0, 0.1) is 5.41 Å². The Morgan fingerprint density at radius 2 is 1.85 bits per heavy atom. The number of amides is 2. The van der Waals surface area contributed by atoms with Crippen LogP contribution >= 0.6 is 11.8 Å². The van der Waals surface area contributed by atoms with Crippen LogP contribution in [0.15, 0.2) is 22.2 Å². The van der Waals surface area contributed by atoms with Gasteiger partial charge in [-0.25, -0.2) is 0 Å². The Labute approximate surface area is 240 Å². The number of hydrogen-bond donors (Lipinski definition) is 0. The van der Waals surface area contributed by atoms with E-state index in [1.54, 1.807) is 16.8 Å². The number of likely N-dealkylation sites (tertiary alicyclic amines) is 1. The summed E-state index contributed by atoms with van der Waals surface area (Å²) < 4.78 is 43.2. The topological polar surface area (TPSA) is 78.2 Å². The predicted molar refractivity (Wildman–Crippen MR) is 155 cm³/mol. The van der Waals surface area contributed by atoms with Gasteiger partial charge < -0.3 is 9.80 Å². The van der Waals surface area contributed by atoms with E-state index in [1.807, 2.05) is 27.7 Å². The zero-order valence-corrected chi connectivity index (χ0v) is 25.6. The Bertz CT molecular complexity index is 1160. The van der Waals surface area contributed by atoms with Crippen LogP contribution in [0.4, 0.5) is 13.2 Å². The highest BCUT2D eigenvalue weighted by atomic mass is 32.2. The summed E-state index contributed by atoms with van der Waals surface area (Å²) in [5, 5.41) is -0.979. The van der Waals surface area contributed by atoms with Crippen molar-refractivity contribution < 1.29 is 22.8 Å². The van der Waals surface area contributed by atoms with Crippen LogP contribution in [0.2, 0.25) is 0 Å². The molecule has 7 nitrogen and oxygen atoms in total. The van der Waals surface area contributed by atoms with E-state index in [0.29, 0.717) is 13.1 Å². The summed E-state index contributed by atoms with van der Waals surface area (Å²) >= 11 is 0.929. The van der Waals surface area contributed by atoms with Crippen LogP contribution in [-0.2, 0) is 15.8 Å². The number of rotatable bonds is 8. The standard InChI is InChI=1S/C29H42F3N5O2S/c1-9-28(7,10-2)17-36(8)26(39)24-35-22(25(38)37-13-11-12-18(37)3)23(40-24)20-16-33-19(15-34-27(4,5)6)14-21(20)29(30,31)32/h14-16,18,22-23H,9-13,17H2,1-8H3/b34-15+/t18-,22?,23?/m0/s1. The minimum Gasteiger partial charge on any atom is -0.339 e. The summed E-state index contributed by atoms with van der Waals surface area (Å²) in [4.78, 5) is 43.5. The fraction of sp³-hybridized carbons (Fsp3) is 0.690. The number of carbonyl (C=O) groups is 2. The summed E-state index contributed by atoms with van der Waals surface area (Å²) in [5.74, 6) is -0.741. The van der Waals surface area contributed by atoms with Gasteiger partial charge in [0.05, 0.1) is 22.0 Å². The summed E-state index contributed by atoms with van der Waals surface area (Å²) in [6.45, 7) is 14.6. The van der Waals surface area contributed by atoms with E-state index < -0.39 is 28.6 Å². The van der Waals surface area contributed by atoms with Crippen molar-refractivity contribution in [3.63, 3.8) is 0 Å². The number of nitrogens with zero attached hydrogens (tertiary/aromatic N) is 5. The first-order valence-corrected chi connectivity index (χ1v) is 14.8. The van der Waals surface area contributed by atoms with Gasteiger partial charge in [0.1, 0.15) is 6.04 Å². The van der Waals surface area contributed by atoms with Gasteiger partial charge >= 0.3 is 6.18 Å². The van der Waals surface area contributed by atoms with E-state index in [2.05, 4.69) is 35.7 Å². The molecule has 0 radical (unpaired) electrons. The average Bonchev–Trinajstić information content (AvgIpc) is 3.52. The molecule has 0 N–H and O–H groups in total. The highest BCUT2D eigenvalue weighted by Gasteiger charge is 2.46. The Kier molecular flexibility index (Phi) is 9.79. The van der Waals surface area contributed by atoms with Crippen LogP contribution in [0.25, 0.3) is 0 Å². The van der Waals surface area contributed by atoms with Crippen LogP contribution in [0.3, 0.4) is 0 Å². The SMILES string of the molecule is CCC(C)(CC)CN(C)C(=O)C1=NC(C(=O)N2CCC[C@@H]2C)C(c2cnc(/C=N/C(C)(C)C)cc2C(F)(F)F)S1. The number of carbonyl (C=O) groups excluding carboxylic acids is 2. The second-order valence-corrected chi connectivity index (χ2v) is 13.4. The van der Waals surface area contributed by atoms with Crippen LogP contribution in [0.1, 0.15) is 96.2 Å². The molecule has 0 saturated carbocycles. The van der Waals surface area contributed by atoms with E-state index in [1.165, 1.54) is 6.21 Å². The molecular weight excluding hydrogens is 539 g/mol. The fourth-order valence-corrected chi connectivity index (χ4v) is 6.22. The number of aromatic nitrogens is 1. The normalized spacial score (nSPS) is 22.2. The molecule has 0 aliphatic carbocycles. The van der Waals surface area contributed by atoms with E-state index in [9.17, 15) is 22.8 Å². The number of thioether (sulfide) groups is 1. The minimum atomic E-state index is -4.70. The summed E-state index contributed by atoms with van der Waals surface area (Å²) in [7, 11) is 1.67. The maximum atomic E-state index is 14.4. The maximum Gasteiger partial charge on any atom is 0.416 e. The number of alkyl halides is 3. The zero-order chi connectivity index (χ0) is 30.0. The van der Waals surface area contributed by atoms with E-state index in [4.69, 9.17) is 0 Å². The van der Waals surface area contributed by atoms with Gasteiger partial charge in [-0.1, -0.05) is 32.5 Å². The molecule has 222 valence electrons. The quantitative estimate of drug-likeness (QED) is 0.344. The Hall–Kier alpha value is -2.43. The first kappa shape index (κ1) is 32.1. The zero-order valence-electron chi connectivity index (χ0n) is 24.8. The van der Waals surface area contributed by atoms with Crippen molar-refractivity contribution in [2.24, 2.45) is 15.4 Å². The van der Waals surface area contributed by atoms with Crippen LogP contribution in [0.5, 0.6) is 0 Å². The first-order chi connectivity index (χ1) is 18.5. The molecule has 0 spiro atoms. The largest absolute Gasteiger partial charge is 0.416 e. The van der Waals surface area contributed by atoms with Crippen molar-refractivity contribution in [3.8, 4) is 0 Å². The van der Waals surface area contributed by atoms with Crippen molar-refractivity contribution >= 4 is 34.8 Å². The average molecular weight is 582 g/mol. The smallest absolute Gasteiger partial charge is 0.339 e. The Morgan fingerprint density at radius 1 is 1.20 bits per heavy atom. The predicted octanol–water partition coefficient (Wildman–Crippen LogP) is 6.17.